The Hall–Kier alpha value is -2.03. The first-order valence-electron chi connectivity index (χ1n) is 6.48. The van der Waals surface area contributed by atoms with Crippen molar-refractivity contribution in [3.05, 3.63) is 11.8 Å². The van der Waals surface area contributed by atoms with Crippen molar-refractivity contribution in [2.45, 2.75) is 20.3 Å². The van der Waals surface area contributed by atoms with Crippen LogP contribution in [0.15, 0.2) is 11.8 Å². The van der Waals surface area contributed by atoms with E-state index in [1.807, 2.05) is 17.9 Å². The van der Waals surface area contributed by atoms with E-state index >= 15 is 0 Å². The fourth-order valence-corrected chi connectivity index (χ4v) is 1.82. The molecule has 2 amide bonds. The predicted molar refractivity (Wildman–Crippen MR) is 70.8 cm³/mol. The van der Waals surface area contributed by atoms with Gasteiger partial charge in [-0.15, -0.1) is 0 Å². The van der Waals surface area contributed by atoms with Crippen LogP contribution >= 0.6 is 0 Å². The lowest BCUT2D eigenvalue weighted by atomic mass is 10.2. The van der Waals surface area contributed by atoms with Crippen molar-refractivity contribution in [3.8, 4) is 6.07 Å². The number of hydrogen-bond acceptors (Lipinski definition) is 4. The molecule has 1 fully saturated rings. The summed E-state index contributed by atoms with van der Waals surface area (Å²) >= 11 is 0. The molecule has 0 bridgehead atoms. The number of nitriles is 1. The summed E-state index contributed by atoms with van der Waals surface area (Å²) in [7, 11) is 0. The van der Waals surface area contributed by atoms with Crippen molar-refractivity contribution < 1.29 is 9.59 Å². The summed E-state index contributed by atoms with van der Waals surface area (Å²) in [6.07, 6.45) is 2.42. The molecule has 0 unspecified atom stereocenters. The molecule has 1 saturated heterocycles. The Morgan fingerprint density at radius 2 is 1.95 bits per heavy atom. The Morgan fingerprint density at radius 3 is 2.42 bits per heavy atom. The zero-order valence-electron chi connectivity index (χ0n) is 11.5. The van der Waals surface area contributed by atoms with Gasteiger partial charge < -0.3 is 15.1 Å². The van der Waals surface area contributed by atoms with Gasteiger partial charge in [-0.25, -0.2) is 0 Å². The molecule has 1 heterocycles. The fraction of sp³-hybridized carbons (Fsp3) is 0.615. The molecule has 6 nitrogen and oxygen atoms in total. The summed E-state index contributed by atoms with van der Waals surface area (Å²) in [5.41, 5.74) is 0.115. The minimum atomic E-state index is -0.335. The van der Waals surface area contributed by atoms with Crippen LogP contribution in [0.3, 0.4) is 0 Å². The molecule has 1 aliphatic heterocycles. The van der Waals surface area contributed by atoms with Gasteiger partial charge in [-0.05, 0) is 6.42 Å². The maximum atomic E-state index is 11.7. The third-order valence-corrected chi connectivity index (χ3v) is 2.97. The molecule has 0 aromatic carbocycles. The maximum Gasteiger partial charge on any atom is 0.263 e. The van der Waals surface area contributed by atoms with E-state index < -0.39 is 0 Å². The number of nitrogens with one attached hydrogen (secondary N) is 1. The molecule has 1 aliphatic rings. The standard InChI is InChI=1S/C13H20N4O2/c1-3-4-15-13(19)12(9-14)10-16-5-7-17(8-6-16)11(2)18/h10H,3-8H2,1-2H3,(H,15,19)/b12-10-. The number of amides is 2. The first kappa shape index (κ1) is 15.0. The Balaban J connectivity index is 2.56. The highest BCUT2D eigenvalue weighted by atomic mass is 16.2. The first-order valence-corrected chi connectivity index (χ1v) is 6.48. The summed E-state index contributed by atoms with van der Waals surface area (Å²) in [6, 6.07) is 1.92. The zero-order chi connectivity index (χ0) is 14.3. The third kappa shape index (κ3) is 4.62. The average molecular weight is 264 g/mol. The number of hydrogen-bond donors (Lipinski definition) is 1. The number of piperazine rings is 1. The van der Waals surface area contributed by atoms with Gasteiger partial charge in [0.1, 0.15) is 11.6 Å². The second-order valence-electron chi connectivity index (χ2n) is 4.45. The highest BCUT2D eigenvalue weighted by Gasteiger charge is 2.18. The number of rotatable bonds is 4. The van der Waals surface area contributed by atoms with Crippen LogP contribution in [0.2, 0.25) is 0 Å². The molecular formula is C13H20N4O2. The first-order chi connectivity index (χ1) is 9.08. The Bertz CT molecular complexity index is 403. The van der Waals surface area contributed by atoms with Crippen molar-refractivity contribution in [2.24, 2.45) is 0 Å². The summed E-state index contributed by atoms with van der Waals surface area (Å²) in [5, 5.41) is 11.7. The monoisotopic (exact) mass is 264 g/mol. The Labute approximate surface area is 113 Å². The van der Waals surface area contributed by atoms with Crippen LogP contribution in [0.1, 0.15) is 20.3 Å². The van der Waals surface area contributed by atoms with E-state index in [-0.39, 0.29) is 17.4 Å². The quantitative estimate of drug-likeness (QED) is 0.576. The molecule has 0 aromatic heterocycles. The number of carbonyl (C=O) groups excluding carboxylic acids is 2. The van der Waals surface area contributed by atoms with Crippen LogP contribution in [-0.4, -0.2) is 54.3 Å². The van der Waals surface area contributed by atoms with Crippen LogP contribution in [0.5, 0.6) is 0 Å². The van der Waals surface area contributed by atoms with E-state index in [2.05, 4.69) is 5.32 Å². The lowest BCUT2D eigenvalue weighted by molar-refractivity contribution is -0.130. The summed E-state index contributed by atoms with van der Waals surface area (Å²) in [5.74, 6) is -0.275. The highest BCUT2D eigenvalue weighted by molar-refractivity contribution is 5.97. The van der Waals surface area contributed by atoms with Crippen LogP contribution in [0.4, 0.5) is 0 Å². The van der Waals surface area contributed by atoms with Gasteiger partial charge in [0.2, 0.25) is 5.91 Å². The molecule has 0 spiro atoms. The second kappa shape index (κ2) is 7.41. The van der Waals surface area contributed by atoms with Crippen molar-refractivity contribution in [3.63, 3.8) is 0 Å². The lowest BCUT2D eigenvalue weighted by Gasteiger charge is -2.33. The highest BCUT2D eigenvalue weighted by Crippen LogP contribution is 2.05. The molecule has 19 heavy (non-hydrogen) atoms. The van der Waals surface area contributed by atoms with E-state index in [4.69, 9.17) is 5.26 Å². The van der Waals surface area contributed by atoms with Gasteiger partial charge in [0, 0.05) is 45.8 Å². The van der Waals surface area contributed by atoms with Gasteiger partial charge in [-0.2, -0.15) is 5.26 Å². The van der Waals surface area contributed by atoms with Crippen LogP contribution in [0.25, 0.3) is 0 Å². The van der Waals surface area contributed by atoms with Gasteiger partial charge in [0.05, 0.1) is 0 Å². The van der Waals surface area contributed by atoms with Gasteiger partial charge in [0.15, 0.2) is 0 Å². The van der Waals surface area contributed by atoms with Crippen LogP contribution in [-0.2, 0) is 9.59 Å². The Morgan fingerprint density at radius 1 is 1.32 bits per heavy atom. The maximum absolute atomic E-state index is 11.7. The van der Waals surface area contributed by atoms with E-state index in [1.54, 1.807) is 18.0 Å². The normalized spacial score (nSPS) is 15.9. The largest absolute Gasteiger partial charge is 0.373 e. The Kier molecular flexibility index (Phi) is 5.86. The molecule has 0 atom stereocenters. The number of nitrogens with zero attached hydrogens (tertiary/aromatic N) is 3. The van der Waals surface area contributed by atoms with E-state index in [1.165, 1.54) is 0 Å². The number of carbonyl (C=O) groups is 2. The molecule has 104 valence electrons. The molecule has 1 rings (SSSR count). The minimum Gasteiger partial charge on any atom is -0.373 e. The van der Waals surface area contributed by atoms with Crippen molar-refractivity contribution in [1.29, 1.82) is 5.26 Å². The predicted octanol–water partition coefficient (Wildman–Crippen LogP) is 0.0842. The van der Waals surface area contributed by atoms with E-state index in [0.29, 0.717) is 32.7 Å². The van der Waals surface area contributed by atoms with E-state index in [0.717, 1.165) is 6.42 Å². The molecule has 0 radical (unpaired) electrons. The third-order valence-electron chi connectivity index (χ3n) is 2.97. The molecular weight excluding hydrogens is 244 g/mol. The van der Waals surface area contributed by atoms with Crippen LogP contribution in [0, 0.1) is 11.3 Å². The lowest BCUT2D eigenvalue weighted by Crippen LogP contribution is -2.46. The van der Waals surface area contributed by atoms with Gasteiger partial charge in [0.25, 0.3) is 5.91 Å². The fourth-order valence-electron chi connectivity index (χ4n) is 1.82. The van der Waals surface area contributed by atoms with E-state index in [9.17, 15) is 9.59 Å². The molecule has 0 aromatic rings. The van der Waals surface area contributed by atoms with Gasteiger partial charge in [-0.3, -0.25) is 9.59 Å². The van der Waals surface area contributed by atoms with Crippen molar-refractivity contribution in [1.82, 2.24) is 15.1 Å². The summed E-state index contributed by atoms with van der Waals surface area (Å²) in [4.78, 5) is 26.5. The topological polar surface area (TPSA) is 76.4 Å². The molecule has 0 saturated carbocycles. The zero-order valence-corrected chi connectivity index (χ0v) is 11.5. The SMILES string of the molecule is CCCNC(=O)/C(C#N)=C\N1CCN(C(C)=O)CC1. The average Bonchev–Trinajstić information content (AvgIpc) is 2.42. The molecule has 6 heteroatoms. The summed E-state index contributed by atoms with van der Waals surface area (Å²) in [6.45, 7) is 6.61. The van der Waals surface area contributed by atoms with Crippen molar-refractivity contribution >= 4 is 11.8 Å². The smallest absolute Gasteiger partial charge is 0.263 e. The molecule has 1 N–H and O–H groups in total. The minimum absolute atomic E-state index is 0.0600. The van der Waals surface area contributed by atoms with Crippen molar-refractivity contribution in [2.75, 3.05) is 32.7 Å². The van der Waals surface area contributed by atoms with Crippen LogP contribution < -0.4 is 5.32 Å². The second-order valence-corrected chi connectivity index (χ2v) is 4.45. The van der Waals surface area contributed by atoms with Gasteiger partial charge >= 0.3 is 0 Å². The summed E-state index contributed by atoms with van der Waals surface area (Å²) < 4.78 is 0. The van der Waals surface area contributed by atoms with Gasteiger partial charge in [-0.1, -0.05) is 6.92 Å². The molecule has 0 aliphatic carbocycles.